The Labute approximate surface area is 136 Å². The van der Waals surface area contributed by atoms with Crippen molar-refractivity contribution in [2.24, 2.45) is 0 Å². The predicted octanol–water partition coefficient (Wildman–Crippen LogP) is 3.48. The number of nitrogens with zero attached hydrogens (tertiary/aromatic N) is 3. The molecular weight excluding hydrogens is 293 g/mol. The van der Waals surface area contributed by atoms with Crippen molar-refractivity contribution in [2.45, 2.75) is 19.8 Å². The van der Waals surface area contributed by atoms with E-state index in [-0.39, 0.29) is 18.3 Å². The van der Waals surface area contributed by atoms with E-state index in [2.05, 4.69) is 23.8 Å². The van der Waals surface area contributed by atoms with Crippen molar-refractivity contribution in [2.75, 3.05) is 25.6 Å². The van der Waals surface area contributed by atoms with Crippen LogP contribution in [0.15, 0.2) is 30.3 Å². The van der Waals surface area contributed by atoms with E-state index < -0.39 is 0 Å². The maximum atomic E-state index is 13.2. The summed E-state index contributed by atoms with van der Waals surface area (Å²) in [5.74, 6) is 0.510. The summed E-state index contributed by atoms with van der Waals surface area (Å²) in [7, 11) is 3.77. The molecule has 1 N–H and O–H groups in total. The molecule has 0 saturated carbocycles. The van der Waals surface area contributed by atoms with E-state index in [1.54, 1.807) is 18.2 Å². The number of hydrogen-bond donors (Lipinski definition) is 1. The van der Waals surface area contributed by atoms with Crippen molar-refractivity contribution in [1.29, 1.82) is 0 Å². The third kappa shape index (κ3) is 3.93. The summed E-state index contributed by atoms with van der Waals surface area (Å²) in [6.45, 7) is 4.06. The van der Waals surface area contributed by atoms with Crippen LogP contribution < -0.4 is 4.90 Å². The Balaban J connectivity index is 2.73. The Bertz CT molecular complexity index is 694. The zero-order valence-electron chi connectivity index (χ0n) is 13.9. The lowest BCUT2D eigenvalue weighted by atomic mass is 9.98. The molecular formula is C18H22FN3O. The van der Waals surface area contributed by atoms with Crippen LogP contribution in [-0.2, 0) is 0 Å². The molecule has 0 saturated heterocycles. The summed E-state index contributed by atoms with van der Waals surface area (Å²) in [6.07, 6.45) is 3.49. The highest BCUT2D eigenvalue weighted by Gasteiger charge is 2.17. The second-order valence-electron chi connectivity index (χ2n) is 5.81. The second-order valence-corrected chi connectivity index (χ2v) is 5.81. The van der Waals surface area contributed by atoms with Gasteiger partial charge in [-0.05, 0) is 30.2 Å². The highest BCUT2D eigenvalue weighted by molar-refractivity contribution is 5.74. The molecule has 23 heavy (non-hydrogen) atoms. The molecule has 0 unspecified atom stereocenters. The molecule has 0 atom stereocenters. The lowest BCUT2D eigenvalue weighted by Crippen LogP contribution is -2.16. The van der Waals surface area contributed by atoms with E-state index in [4.69, 9.17) is 5.11 Å². The Morgan fingerprint density at radius 1 is 1.17 bits per heavy atom. The van der Waals surface area contributed by atoms with Gasteiger partial charge in [-0.2, -0.15) is 0 Å². The van der Waals surface area contributed by atoms with Crippen LogP contribution >= 0.6 is 0 Å². The largest absolute Gasteiger partial charge is 0.392 e. The van der Waals surface area contributed by atoms with Crippen LogP contribution in [0.3, 0.4) is 0 Å². The minimum atomic E-state index is -0.285. The Morgan fingerprint density at radius 3 is 2.35 bits per heavy atom. The summed E-state index contributed by atoms with van der Waals surface area (Å²) in [5, 5.41) is 9.11. The van der Waals surface area contributed by atoms with Gasteiger partial charge in [-0.25, -0.2) is 14.4 Å². The number of aliphatic hydroxyl groups is 1. The van der Waals surface area contributed by atoms with Crippen LogP contribution in [-0.4, -0.2) is 35.8 Å². The first-order valence-electron chi connectivity index (χ1n) is 7.56. The first-order chi connectivity index (χ1) is 10.9. The fourth-order valence-corrected chi connectivity index (χ4v) is 2.28. The molecule has 0 aliphatic rings. The van der Waals surface area contributed by atoms with Gasteiger partial charge in [0, 0.05) is 25.2 Å². The second kappa shape index (κ2) is 7.33. The number of aromatic nitrogens is 2. The van der Waals surface area contributed by atoms with Gasteiger partial charge in [0.2, 0.25) is 5.95 Å². The van der Waals surface area contributed by atoms with Crippen LogP contribution in [0, 0.1) is 5.82 Å². The van der Waals surface area contributed by atoms with E-state index in [0.717, 1.165) is 22.5 Å². The third-order valence-electron chi connectivity index (χ3n) is 3.42. The van der Waals surface area contributed by atoms with Crippen molar-refractivity contribution in [3.63, 3.8) is 0 Å². The van der Waals surface area contributed by atoms with Crippen molar-refractivity contribution >= 4 is 12.0 Å². The highest BCUT2D eigenvalue weighted by atomic mass is 19.1. The number of hydrogen-bond acceptors (Lipinski definition) is 4. The SMILES string of the molecule is CC(C)c1nc(N(C)C)nc(-c2ccc(F)cc2)c1/C=C/CO. The Morgan fingerprint density at radius 2 is 1.83 bits per heavy atom. The molecule has 1 heterocycles. The van der Waals surface area contributed by atoms with Gasteiger partial charge in [0.1, 0.15) is 5.82 Å². The minimum Gasteiger partial charge on any atom is -0.392 e. The van der Waals surface area contributed by atoms with E-state index in [0.29, 0.717) is 5.95 Å². The molecule has 122 valence electrons. The predicted molar refractivity (Wildman–Crippen MR) is 92.0 cm³/mol. The maximum Gasteiger partial charge on any atom is 0.225 e. The quantitative estimate of drug-likeness (QED) is 0.918. The summed E-state index contributed by atoms with van der Waals surface area (Å²) in [4.78, 5) is 11.1. The molecule has 2 rings (SSSR count). The molecule has 0 spiro atoms. The van der Waals surface area contributed by atoms with Crippen LogP contribution in [0.1, 0.15) is 31.0 Å². The Hall–Kier alpha value is -2.27. The molecule has 1 aromatic carbocycles. The fraction of sp³-hybridized carbons (Fsp3) is 0.333. The average Bonchev–Trinajstić information content (AvgIpc) is 2.52. The van der Waals surface area contributed by atoms with Gasteiger partial charge in [0.15, 0.2) is 0 Å². The van der Waals surface area contributed by atoms with Gasteiger partial charge in [-0.15, -0.1) is 0 Å². The van der Waals surface area contributed by atoms with Gasteiger partial charge >= 0.3 is 0 Å². The van der Waals surface area contributed by atoms with Crippen LogP contribution in [0.4, 0.5) is 10.3 Å². The third-order valence-corrected chi connectivity index (χ3v) is 3.42. The van der Waals surface area contributed by atoms with Crippen LogP contribution in [0.25, 0.3) is 17.3 Å². The van der Waals surface area contributed by atoms with E-state index >= 15 is 0 Å². The standard InChI is InChI=1S/C18H22FN3O/c1-12(2)16-15(6-5-11-23)17(21-18(20-16)22(3)4)13-7-9-14(19)10-8-13/h5-10,12,23H,11H2,1-4H3/b6-5+. The lowest BCUT2D eigenvalue weighted by Gasteiger charge is -2.18. The molecule has 2 aromatic rings. The van der Waals surface area contributed by atoms with E-state index in [9.17, 15) is 4.39 Å². The molecule has 0 bridgehead atoms. The number of rotatable bonds is 5. The van der Waals surface area contributed by atoms with Crippen molar-refractivity contribution in [3.8, 4) is 11.3 Å². The molecule has 4 nitrogen and oxygen atoms in total. The summed E-state index contributed by atoms with van der Waals surface area (Å²) >= 11 is 0. The molecule has 0 radical (unpaired) electrons. The summed E-state index contributed by atoms with van der Waals surface area (Å²) in [6, 6.07) is 6.25. The number of anilines is 1. The lowest BCUT2D eigenvalue weighted by molar-refractivity contribution is 0.343. The number of aliphatic hydroxyl groups excluding tert-OH is 1. The average molecular weight is 315 g/mol. The normalized spacial score (nSPS) is 11.4. The van der Waals surface area contributed by atoms with Crippen molar-refractivity contribution in [3.05, 3.63) is 47.4 Å². The molecule has 0 aliphatic heterocycles. The molecule has 1 aromatic heterocycles. The van der Waals surface area contributed by atoms with Gasteiger partial charge in [-0.3, -0.25) is 0 Å². The topological polar surface area (TPSA) is 49.2 Å². The molecule has 0 fully saturated rings. The van der Waals surface area contributed by atoms with E-state index in [1.165, 1.54) is 12.1 Å². The zero-order valence-corrected chi connectivity index (χ0v) is 13.9. The number of halogens is 1. The van der Waals surface area contributed by atoms with Gasteiger partial charge < -0.3 is 10.0 Å². The zero-order chi connectivity index (χ0) is 17.0. The monoisotopic (exact) mass is 315 g/mol. The minimum absolute atomic E-state index is 0.0597. The van der Waals surface area contributed by atoms with E-state index in [1.807, 2.05) is 25.1 Å². The van der Waals surface area contributed by atoms with Crippen molar-refractivity contribution < 1.29 is 9.50 Å². The maximum absolute atomic E-state index is 13.2. The smallest absolute Gasteiger partial charge is 0.225 e. The fourth-order valence-electron chi connectivity index (χ4n) is 2.28. The van der Waals surface area contributed by atoms with Crippen molar-refractivity contribution in [1.82, 2.24) is 9.97 Å². The highest BCUT2D eigenvalue weighted by Crippen LogP contribution is 2.30. The summed E-state index contributed by atoms with van der Waals surface area (Å²) in [5.41, 5.74) is 3.30. The van der Waals surface area contributed by atoms with Crippen LogP contribution in [0.5, 0.6) is 0 Å². The Kier molecular flexibility index (Phi) is 5.45. The number of benzene rings is 1. The van der Waals surface area contributed by atoms with Gasteiger partial charge in [-0.1, -0.05) is 26.0 Å². The summed E-state index contributed by atoms with van der Waals surface area (Å²) < 4.78 is 13.2. The van der Waals surface area contributed by atoms with Gasteiger partial charge in [0.25, 0.3) is 0 Å². The molecule has 5 heteroatoms. The molecule has 0 amide bonds. The molecule has 0 aliphatic carbocycles. The van der Waals surface area contributed by atoms with Gasteiger partial charge in [0.05, 0.1) is 18.0 Å². The first kappa shape index (κ1) is 17.1. The first-order valence-corrected chi connectivity index (χ1v) is 7.56. The van der Waals surface area contributed by atoms with Crippen LogP contribution in [0.2, 0.25) is 0 Å².